The van der Waals surface area contributed by atoms with Gasteiger partial charge in [0, 0.05) is 11.8 Å². The summed E-state index contributed by atoms with van der Waals surface area (Å²) < 4.78 is 5.18. The average molecular weight is 285 g/mol. The number of methoxy groups -OCH3 is 1. The summed E-state index contributed by atoms with van der Waals surface area (Å²) in [5.74, 6) is 8.21. The van der Waals surface area contributed by atoms with Gasteiger partial charge in [-0.1, -0.05) is 25.5 Å². The van der Waals surface area contributed by atoms with E-state index in [1.807, 2.05) is 12.1 Å². The maximum atomic E-state index is 5.64. The molecule has 4 nitrogen and oxygen atoms in total. The predicted molar refractivity (Wildman–Crippen MR) is 85.8 cm³/mol. The molecule has 2 fully saturated rings. The highest BCUT2D eigenvalue weighted by molar-refractivity contribution is 6.46. The first-order chi connectivity index (χ1) is 10.2. The van der Waals surface area contributed by atoms with Crippen LogP contribution < -0.4 is 10.6 Å². The van der Waals surface area contributed by atoms with Crippen molar-refractivity contribution in [1.29, 1.82) is 0 Å². The zero-order valence-electron chi connectivity index (χ0n) is 12.7. The van der Waals surface area contributed by atoms with E-state index in [-0.39, 0.29) is 0 Å². The summed E-state index contributed by atoms with van der Waals surface area (Å²) in [6.07, 6.45) is 3.69. The van der Waals surface area contributed by atoms with Crippen LogP contribution in [-0.4, -0.2) is 18.5 Å². The van der Waals surface area contributed by atoms with E-state index in [4.69, 9.17) is 15.6 Å². The molecular formula is C17H23N3O. The number of rotatable bonds is 3. The molecule has 2 N–H and O–H groups in total. The Morgan fingerprint density at radius 2 is 1.81 bits per heavy atom. The third-order valence-electron chi connectivity index (χ3n) is 4.99. The van der Waals surface area contributed by atoms with E-state index in [1.54, 1.807) is 7.11 Å². The molecule has 1 aromatic carbocycles. The molecule has 0 radical (unpaired) electrons. The van der Waals surface area contributed by atoms with E-state index in [1.165, 1.54) is 24.8 Å². The second kappa shape index (κ2) is 5.88. The molecular weight excluding hydrogens is 262 g/mol. The molecule has 2 aliphatic carbocycles. The lowest BCUT2D eigenvalue weighted by Gasteiger charge is -2.24. The van der Waals surface area contributed by atoms with Gasteiger partial charge in [0.2, 0.25) is 0 Å². The molecule has 3 rings (SSSR count). The minimum Gasteiger partial charge on any atom is -0.497 e. The Morgan fingerprint density at radius 1 is 1.14 bits per heavy atom. The van der Waals surface area contributed by atoms with Gasteiger partial charge in [0.25, 0.3) is 0 Å². The summed E-state index contributed by atoms with van der Waals surface area (Å²) in [4.78, 5) is 4.86. The Labute approximate surface area is 126 Å². The minimum absolute atomic E-state index is 0.517. The number of nitrogens with two attached hydrogens (primary N) is 1. The van der Waals surface area contributed by atoms with Gasteiger partial charge in [-0.2, -0.15) is 5.10 Å². The number of benzene rings is 1. The van der Waals surface area contributed by atoms with Crippen molar-refractivity contribution in [2.45, 2.75) is 32.7 Å². The van der Waals surface area contributed by atoms with Crippen molar-refractivity contribution >= 4 is 11.4 Å². The maximum absolute atomic E-state index is 5.64. The Kier molecular flexibility index (Phi) is 3.95. The normalized spacial score (nSPS) is 31.8. The first-order valence-corrected chi connectivity index (χ1v) is 7.70. The molecule has 0 amide bonds. The molecule has 2 bridgehead atoms. The van der Waals surface area contributed by atoms with Gasteiger partial charge in [-0.05, 0) is 36.5 Å². The van der Waals surface area contributed by atoms with Gasteiger partial charge in [-0.3, -0.25) is 4.99 Å². The Morgan fingerprint density at radius 3 is 2.43 bits per heavy atom. The van der Waals surface area contributed by atoms with Crippen LogP contribution in [0.4, 0.5) is 0 Å². The topological polar surface area (TPSA) is 60.0 Å². The monoisotopic (exact) mass is 285 g/mol. The molecule has 0 aromatic heterocycles. The third kappa shape index (κ3) is 2.55. The number of nitrogens with zero attached hydrogens (tertiary/aromatic N) is 2. The Balaban J connectivity index is 1.81. The third-order valence-corrected chi connectivity index (χ3v) is 4.99. The standard InChI is InChI=1S/C17H23N3O/c1-11-14-4-3-5-15(11)17(20-18)16(14)19-10-12-6-8-13(21-2)9-7-12/h6-9,11,14-15H,3-5,10,18H2,1-2H3. The van der Waals surface area contributed by atoms with Crippen LogP contribution in [0.25, 0.3) is 0 Å². The fourth-order valence-corrected chi connectivity index (χ4v) is 3.78. The van der Waals surface area contributed by atoms with Crippen molar-refractivity contribution in [3.63, 3.8) is 0 Å². The first-order valence-electron chi connectivity index (χ1n) is 7.70. The van der Waals surface area contributed by atoms with Crippen molar-refractivity contribution in [2.24, 2.45) is 33.7 Å². The van der Waals surface area contributed by atoms with E-state index in [2.05, 4.69) is 24.2 Å². The lowest BCUT2D eigenvalue weighted by atomic mass is 9.80. The summed E-state index contributed by atoms with van der Waals surface area (Å²) in [7, 11) is 1.68. The molecule has 21 heavy (non-hydrogen) atoms. The van der Waals surface area contributed by atoms with Gasteiger partial charge in [-0.15, -0.1) is 0 Å². The second-order valence-electron chi connectivity index (χ2n) is 6.07. The van der Waals surface area contributed by atoms with Crippen LogP contribution in [0.5, 0.6) is 5.75 Å². The van der Waals surface area contributed by atoms with Gasteiger partial charge in [-0.25, -0.2) is 0 Å². The first kappa shape index (κ1) is 14.1. The van der Waals surface area contributed by atoms with E-state index < -0.39 is 0 Å². The molecule has 2 saturated carbocycles. The summed E-state index contributed by atoms with van der Waals surface area (Å²) in [6, 6.07) is 8.07. The number of aliphatic imine (C=N–C) groups is 1. The zero-order valence-corrected chi connectivity index (χ0v) is 12.7. The smallest absolute Gasteiger partial charge is 0.118 e. The van der Waals surface area contributed by atoms with E-state index >= 15 is 0 Å². The minimum atomic E-state index is 0.517. The Hall–Kier alpha value is -1.84. The second-order valence-corrected chi connectivity index (χ2v) is 6.07. The fourth-order valence-electron chi connectivity index (χ4n) is 3.78. The summed E-state index contributed by atoms with van der Waals surface area (Å²) in [5, 5.41) is 4.07. The van der Waals surface area contributed by atoms with Crippen molar-refractivity contribution in [3.8, 4) is 5.75 Å². The molecule has 2 aliphatic rings. The Bertz CT molecular complexity index is 562. The molecule has 0 spiro atoms. The number of ether oxygens (including phenoxy) is 1. The number of hydrogen-bond donors (Lipinski definition) is 1. The molecule has 1 aromatic rings. The molecule has 0 aliphatic heterocycles. The highest BCUT2D eigenvalue weighted by Gasteiger charge is 2.45. The fraction of sp³-hybridized carbons (Fsp3) is 0.529. The summed E-state index contributed by atoms with van der Waals surface area (Å²) >= 11 is 0. The highest BCUT2D eigenvalue weighted by atomic mass is 16.5. The molecule has 112 valence electrons. The SMILES string of the molecule is COc1ccc(CN=C2C(=NN)C3CCCC2C3C)cc1. The zero-order chi connectivity index (χ0) is 14.8. The number of hydrazone groups is 1. The van der Waals surface area contributed by atoms with Crippen LogP contribution in [-0.2, 0) is 6.54 Å². The van der Waals surface area contributed by atoms with Crippen LogP contribution in [0, 0.1) is 17.8 Å². The van der Waals surface area contributed by atoms with Gasteiger partial charge in [0.1, 0.15) is 5.75 Å². The summed E-state index contributed by atoms with van der Waals surface area (Å²) in [6.45, 7) is 3.00. The van der Waals surface area contributed by atoms with Gasteiger partial charge in [0.15, 0.2) is 0 Å². The molecule has 0 saturated heterocycles. The lowest BCUT2D eigenvalue weighted by molar-refractivity contribution is 0.295. The van der Waals surface area contributed by atoms with E-state index in [0.29, 0.717) is 24.3 Å². The van der Waals surface area contributed by atoms with E-state index in [0.717, 1.165) is 17.2 Å². The van der Waals surface area contributed by atoms with Crippen LogP contribution in [0.2, 0.25) is 0 Å². The molecule has 0 heterocycles. The lowest BCUT2D eigenvalue weighted by Crippen LogP contribution is -2.19. The van der Waals surface area contributed by atoms with Crippen LogP contribution >= 0.6 is 0 Å². The van der Waals surface area contributed by atoms with Crippen molar-refractivity contribution in [1.82, 2.24) is 0 Å². The number of hydrogen-bond acceptors (Lipinski definition) is 4. The average Bonchev–Trinajstić information content (AvgIpc) is 2.67. The molecule has 3 unspecified atom stereocenters. The van der Waals surface area contributed by atoms with Crippen LogP contribution in [0.3, 0.4) is 0 Å². The van der Waals surface area contributed by atoms with Crippen molar-refractivity contribution in [3.05, 3.63) is 29.8 Å². The molecule has 3 atom stereocenters. The van der Waals surface area contributed by atoms with Crippen LogP contribution in [0.15, 0.2) is 34.4 Å². The molecule has 4 heteroatoms. The van der Waals surface area contributed by atoms with E-state index in [9.17, 15) is 0 Å². The highest BCUT2D eigenvalue weighted by Crippen LogP contribution is 2.43. The van der Waals surface area contributed by atoms with Gasteiger partial charge >= 0.3 is 0 Å². The number of fused-ring (bicyclic) bond motifs is 2. The van der Waals surface area contributed by atoms with Crippen molar-refractivity contribution in [2.75, 3.05) is 7.11 Å². The van der Waals surface area contributed by atoms with Gasteiger partial charge in [0.05, 0.1) is 25.1 Å². The van der Waals surface area contributed by atoms with Crippen LogP contribution in [0.1, 0.15) is 31.7 Å². The summed E-state index contributed by atoms with van der Waals surface area (Å²) in [5.41, 5.74) is 3.40. The van der Waals surface area contributed by atoms with Gasteiger partial charge < -0.3 is 10.6 Å². The predicted octanol–water partition coefficient (Wildman–Crippen LogP) is 3.02. The quantitative estimate of drug-likeness (QED) is 0.685. The maximum Gasteiger partial charge on any atom is 0.118 e. The largest absolute Gasteiger partial charge is 0.497 e. The van der Waals surface area contributed by atoms with Crippen molar-refractivity contribution < 1.29 is 4.74 Å².